The number of nitrogens with zero attached hydrogens (tertiary/aromatic N) is 2. The Kier molecular flexibility index (Phi) is 5.55. The van der Waals surface area contributed by atoms with Crippen molar-refractivity contribution in [1.29, 1.82) is 0 Å². The van der Waals surface area contributed by atoms with Crippen LogP contribution in [0.25, 0.3) is 0 Å². The minimum absolute atomic E-state index is 0.0604. The van der Waals surface area contributed by atoms with Gasteiger partial charge >= 0.3 is 5.97 Å². The molecule has 0 aliphatic carbocycles. The Morgan fingerprint density at radius 1 is 1.19 bits per heavy atom. The monoisotopic (exact) mass is 300 g/mol. The van der Waals surface area contributed by atoms with Gasteiger partial charge in [-0.15, -0.1) is 0 Å². The molecule has 0 N–H and O–H groups in total. The highest BCUT2D eigenvalue weighted by molar-refractivity contribution is 5.79. The van der Waals surface area contributed by atoms with Gasteiger partial charge in [-0.25, -0.2) is 4.79 Å². The average Bonchev–Trinajstić information content (AvgIpc) is 2.45. The maximum Gasteiger partial charge on any atom is 0.336 e. The van der Waals surface area contributed by atoms with Gasteiger partial charge in [0.1, 0.15) is 0 Å². The van der Waals surface area contributed by atoms with Crippen molar-refractivity contribution in [1.82, 2.24) is 9.80 Å². The fraction of sp³-hybridized carbons (Fsp3) is 0.857. The number of methoxy groups -OCH3 is 1. The van der Waals surface area contributed by atoms with E-state index in [0.29, 0.717) is 39.3 Å². The summed E-state index contributed by atoms with van der Waals surface area (Å²) in [5.74, 6) is -0.316. The molecule has 2 rings (SSSR count). The van der Waals surface area contributed by atoms with Crippen LogP contribution in [0.2, 0.25) is 0 Å². The number of esters is 1. The van der Waals surface area contributed by atoms with Gasteiger partial charge in [0.25, 0.3) is 0 Å². The summed E-state index contributed by atoms with van der Waals surface area (Å²) in [5, 5.41) is 0. The Balaban J connectivity index is 1.85. The second-order valence-corrected chi connectivity index (χ2v) is 5.67. The minimum Gasteiger partial charge on any atom is -0.467 e. The molecule has 2 heterocycles. The van der Waals surface area contributed by atoms with Crippen LogP contribution in [0.1, 0.15) is 13.8 Å². The normalized spacial score (nSPS) is 31.0. The lowest BCUT2D eigenvalue weighted by Gasteiger charge is -2.37. The highest BCUT2D eigenvalue weighted by Gasteiger charge is 2.31. The summed E-state index contributed by atoms with van der Waals surface area (Å²) in [6.45, 7) is 6.96. The van der Waals surface area contributed by atoms with Crippen LogP contribution in [0.5, 0.6) is 0 Å². The number of ether oxygens (including phenoxy) is 3. The van der Waals surface area contributed by atoms with E-state index in [1.165, 1.54) is 7.11 Å². The van der Waals surface area contributed by atoms with Crippen molar-refractivity contribution < 1.29 is 23.8 Å². The zero-order valence-corrected chi connectivity index (χ0v) is 12.9. The average molecular weight is 300 g/mol. The number of morpholine rings is 2. The summed E-state index contributed by atoms with van der Waals surface area (Å²) in [4.78, 5) is 27.7. The Hall–Kier alpha value is -1.18. The molecule has 7 heteroatoms. The van der Waals surface area contributed by atoms with Gasteiger partial charge in [0.2, 0.25) is 5.91 Å². The Morgan fingerprint density at radius 2 is 1.86 bits per heavy atom. The molecular weight excluding hydrogens is 276 g/mol. The van der Waals surface area contributed by atoms with Crippen LogP contribution in [0.3, 0.4) is 0 Å². The van der Waals surface area contributed by atoms with E-state index in [2.05, 4.69) is 4.74 Å². The molecule has 7 nitrogen and oxygen atoms in total. The van der Waals surface area contributed by atoms with E-state index in [9.17, 15) is 9.59 Å². The molecule has 3 atom stereocenters. The zero-order chi connectivity index (χ0) is 15.4. The molecule has 0 saturated carbocycles. The van der Waals surface area contributed by atoms with Crippen molar-refractivity contribution in [3.05, 3.63) is 0 Å². The van der Waals surface area contributed by atoms with Crippen LogP contribution in [-0.2, 0) is 23.8 Å². The van der Waals surface area contributed by atoms with E-state index >= 15 is 0 Å². The summed E-state index contributed by atoms with van der Waals surface area (Å²) in [6, 6.07) is 0. The molecular formula is C14H24N2O5. The predicted octanol–water partition coefficient (Wildman–Crippen LogP) is -0.504. The number of carbonyl (C=O) groups is 2. The molecule has 120 valence electrons. The third-order valence-electron chi connectivity index (χ3n) is 3.75. The van der Waals surface area contributed by atoms with E-state index < -0.39 is 6.10 Å². The first kappa shape index (κ1) is 16.2. The van der Waals surface area contributed by atoms with Crippen LogP contribution in [0.4, 0.5) is 0 Å². The van der Waals surface area contributed by atoms with E-state index in [1.807, 2.05) is 23.6 Å². The zero-order valence-electron chi connectivity index (χ0n) is 12.9. The summed E-state index contributed by atoms with van der Waals surface area (Å²) in [5.41, 5.74) is 0. The van der Waals surface area contributed by atoms with Crippen LogP contribution >= 0.6 is 0 Å². The lowest BCUT2D eigenvalue weighted by molar-refractivity contribution is -0.161. The van der Waals surface area contributed by atoms with E-state index in [-0.39, 0.29) is 24.1 Å². The lowest BCUT2D eigenvalue weighted by atomic mass is 10.2. The van der Waals surface area contributed by atoms with Gasteiger partial charge in [-0.05, 0) is 13.8 Å². The molecule has 0 aromatic heterocycles. The highest BCUT2D eigenvalue weighted by atomic mass is 16.6. The number of carbonyl (C=O) groups excluding carboxylic acids is 2. The minimum atomic E-state index is -0.598. The molecule has 3 unspecified atom stereocenters. The molecule has 2 aliphatic rings. The maximum atomic E-state index is 12.4. The fourth-order valence-electron chi connectivity index (χ4n) is 2.79. The number of hydrogen-bond acceptors (Lipinski definition) is 6. The standard InChI is InChI=1S/C14H24N2O5/c1-10-6-16(7-11(2)21-10)13(17)9-15-4-5-20-12(8-15)14(18)19-3/h10-12H,4-9H2,1-3H3. The molecule has 0 aromatic rings. The van der Waals surface area contributed by atoms with Crippen LogP contribution < -0.4 is 0 Å². The largest absolute Gasteiger partial charge is 0.467 e. The first-order valence-corrected chi connectivity index (χ1v) is 7.34. The highest BCUT2D eigenvalue weighted by Crippen LogP contribution is 2.12. The molecule has 0 aromatic carbocycles. The number of hydrogen-bond donors (Lipinski definition) is 0. The van der Waals surface area contributed by atoms with Gasteiger partial charge in [-0.1, -0.05) is 0 Å². The Bertz CT molecular complexity index is 380. The molecule has 2 saturated heterocycles. The lowest BCUT2D eigenvalue weighted by Crippen LogP contribution is -2.54. The maximum absolute atomic E-state index is 12.4. The molecule has 21 heavy (non-hydrogen) atoms. The van der Waals surface area contributed by atoms with Crippen molar-refractivity contribution in [2.75, 3.05) is 46.4 Å². The second kappa shape index (κ2) is 7.20. The first-order valence-electron chi connectivity index (χ1n) is 7.34. The van der Waals surface area contributed by atoms with Gasteiger partial charge in [0, 0.05) is 26.2 Å². The van der Waals surface area contributed by atoms with Gasteiger partial charge in [0.15, 0.2) is 6.10 Å². The molecule has 0 spiro atoms. The van der Waals surface area contributed by atoms with Crippen molar-refractivity contribution in [2.24, 2.45) is 0 Å². The molecule has 2 aliphatic heterocycles. The van der Waals surface area contributed by atoms with Gasteiger partial charge < -0.3 is 19.1 Å². The number of amides is 1. The Labute approximate surface area is 125 Å². The molecule has 2 fully saturated rings. The van der Waals surface area contributed by atoms with Crippen molar-refractivity contribution in [3.8, 4) is 0 Å². The molecule has 0 bridgehead atoms. The van der Waals surface area contributed by atoms with Gasteiger partial charge in [-0.2, -0.15) is 0 Å². The molecule has 0 radical (unpaired) electrons. The Morgan fingerprint density at radius 3 is 2.48 bits per heavy atom. The SMILES string of the molecule is COC(=O)C1CN(CC(=O)N2CC(C)OC(C)C2)CCO1. The third-order valence-corrected chi connectivity index (χ3v) is 3.75. The second-order valence-electron chi connectivity index (χ2n) is 5.67. The van der Waals surface area contributed by atoms with E-state index in [0.717, 1.165) is 0 Å². The fourth-order valence-corrected chi connectivity index (χ4v) is 2.79. The van der Waals surface area contributed by atoms with Gasteiger partial charge in [0.05, 0.1) is 32.5 Å². The number of rotatable bonds is 3. The summed E-state index contributed by atoms with van der Waals surface area (Å²) < 4.78 is 15.7. The van der Waals surface area contributed by atoms with Crippen molar-refractivity contribution >= 4 is 11.9 Å². The van der Waals surface area contributed by atoms with Gasteiger partial charge in [-0.3, -0.25) is 9.69 Å². The summed E-state index contributed by atoms with van der Waals surface area (Å²) >= 11 is 0. The topological polar surface area (TPSA) is 68.3 Å². The predicted molar refractivity (Wildman–Crippen MR) is 74.8 cm³/mol. The smallest absolute Gasteiger partial charge is 0.336 e. The van der Waals surface area contributed by atoms with Crippen LogP contribution in [0, 0.1) is 0 Å². The third kappa shape index (κ3) is 4.39. The van der Waals surface area contributed by atoms with E-state index in [4.69, 9.17) is 9.47 Å². The van der Waals surface area contributed by atoms with Crippen molar-refractivity contribution in [2.45, 2.75) is 32.2 Å². The summed E-state index contributed by atoms with van der Waals surface area (Å²) in [7, 11) is 1.34. The summed E-state index contributed by atoms with van der Waals surface area (Å²) in [6.07, 6.45) is -0.477. The van der Waals surface area contributed by atoms with Crippen LogP contribution in [-0.4, -0.2) is 86.4 Å². The van der Waals surface area contributed by atoms with Crippen LogP contribution in [0.15, 0.2) is 0 Å². The van der Waals surface area contributed by atoms with E-state index in [1.54, 1.807) is 0 Å². The van der Waals surface area contributed by atoms with Crippen molar-refractivity contribution in [3.63, 3.8) is 0 Å². The molecule has 1 amide bonds. The first-order chi connectivity index (χ1) is 9.99. The quantitative estimate of drug-likeness (QED) is 0.654.